The molecule has 106 valence electrons. The minimum Gasteiger partial charge on any atom is -0.497 e. The molecule has 0 radical (unpaired) electrons. The van der Waals surface area contributed by atoms with Crippen LogP contribution in [0.1, 0.15) is 5.82 Å². The van der Waals surface area contributed by atoms with E-state index >= 15 is 0 Å². The van der Waals surface area contributed by atoms with Crippen LogP contribution in [0.5, 0.6) is 11.5 Å². The Kier molecular flexibility index (Phi) is 4.95. The summed E-state index contributed by atoms with van der Waals surface area (Å²) in [5, 5.41) is 3.21. The molecule has 5 nitrogen and oxygen atoms in total. The standard InChI is InChI=1S/C14H17N3O2S/c1-10-16-13(9-14(20)17-10)15-7-8-19-12-5-3-11(18-2)4-6-12/h3-6,9H,7-8H2,1-2H3,(H2,15,16,17,20). The lowest BCUT2D eigenvalue weighted by Crippen LogP contribution is -2.12. The number of aromatic amines is 1. The van der Waals surface area contributed by atoms with Crippen molar-refractivity contribution < 1.29 is 9.47 Å². The second kappa shape index (κ2) is 6.91. The average molecular weight is 291 g/mol. The summed E-state index contributed by atoms with van der Waals surface area (Å²) in [7, 11) is 1.64. The number of nitrogens with one attached hydrogen (secondary N) is 2. The molecule has 0 saturated carbocycles. The van der Waals surface area contributed by atoms with Gasteiger partial charge in [-0.15, -0.1) is 0 Å². The molecule has 1 heterocycles. The Morgan fingerprint density at radius 1 is 1.25 bits per heavy atom. The largest absolute Gasteiger partial charge is 0.497 e. The molecule has 0 spiro atoms. The fourth-order valence-electron chi connectivity index (χ4n) is 1.70. The van der Waals surface area contributed by atoms with Crippen molar-refractivity contribution in [1.82, 2.24) is 9.97 Å². The first-order chi connectivity index (χ1) is 9.67. The summed E-state index contributed by atoms with van der Waals surface area (Å²) in [4.78, 5) is 7.20. The summed E-state index contributed by atoms with van der Waals surface area (Å²) in [5.74, 6) is 3.26. The molecule has 0 aliphatic rings. The molecule has 0 amide bonds. The van der Waals surface area contributed by atoms with E-state index in [1.807, 2.05) is 31.2 Å². The average Bonchev–Trinajstić information content (AvgIpc) is 2.43. The summed E-state index contributed by atoms with van der Waals surface area (Å²) in [6.45, 7) is 3.09. The summed E-state index contributed by atoms with van der Waals surface area (Å²) in [6.07, 6.45) is 0. The van der Waals surface area contributed by atoms with Crippen molar-refractivity contribution in [2.45, 2.75) is 6.92 Å². The maximum Gasteiger partial charge on any atom is 0.131 e. The Balaban J connectivity index is 1.79. The van der Waals surface area contributed by atoms with E-state index in [0.29, 0.717) is 17.8 Å². The number of aryl methyl sites for hydroxylation is 1. The SMILES string of the molecule is COc1ccc(OCCNc2cc(=S)nc(C)[nH]2)cc1. The number of hydrogen-bond donors (Lipinski definition) is 2. The second-order valence-electron chi connectivity index (χ2n) is 4.17. The van der Waals surface area contributed by atoms with E-state index in [1.54, 1.807) is 13.2 Å². The number of hydrogen-bond acceptors (Lipinski definition) is 5. The van der Waals surface area contributed by atoms with Crippen molar-refractivity contribution in [3.8, 4) is 11.5 Å². The monoisotopic (exact) mass is 291 g/mol. The first-order valence-corrected chi connectivity index (χ1v) is 6.67. The fraction of sp³-hybridized carbons (Fsp3) is 0.286. The van der Waals surface area contributed by atoms with Crippen LogP contribution in [0, 0.1) is 11.6 Å². The van der Waals surface area contributed by atoms with Gasteiger partial charge in [0, 0.05) is 6.07 Å². The highest BCUT2D eigenvalue weighted by Gasteiger charge is 1.97. The third-order valence-electron chi connectivity index (χ3n) is 2.61. The normalized spacial score (nSPS) is 10.1. The number of anilines is 1. The van der Waals surface area contributed by atoms with Gasteiger partial charge in [0.05, 0.1) is 13.7 Å². The zero-order valence-electron chi connectivity index (χ0n) is 11.5. The Labute approximate surface area is 123 Å². The zero-order valence-corrected chi connectivity index (χ0v) is 12.3. The summed E-state index contributed by atoms with van der Waals surface area (Å²) < 4.78 is 11.3. The van der Waals surface area contributed by atoms with E-state index in [0.717, 1.165) is 23.1 Å². The quantitative estimate of drug-likeness (QED) is 0.633. The fourth-order valence-corrected chi connectivity index (χ4v) is 1.96. The molecule has 0 aliphatic heterocycles. The van der Waals surface area contributed by atoms with Crippen molar-refractivity contribution in [3.63, 3.8) is 0 Å². The minimum atomic E-state index is 0.550. The van der Waals surface area contributed by atoms with Crippen LogP contribution in [0.15, 0.2) is 30.3 Å². The Hall–Kier alpha value is -2.08. The molecular formula is C14H17N3O2S. The third-order valence-corrected chi connectivity index (χ3v) is 2.82. The number of ether oxygens (including phenoxy) is 2. The van der Waals surface area contributed by atoms with Gasteiger partial charge in [-0.2, -0.15) is 0 Å². The molecule has 2 N–H and O–H groups in total. The van der Waals surface area contributed by atoms with Crippen LogP contribution in [0.4, 0.5) is 5.82 Å². The molecule has 20 heavy (non-hydrogen) atoms. The van der Waals surface area contributed by atoms with E-state index < -0.39 is 0 Å². The Morgan fingerprint density at radius 3 is 2.60 bits per heavy atom. The first-order valence-electron chi connectivity index (χ1n) is 6.26. The van der Waals surface area contributed by atoms with Gasteiger partial charge in [0.1, 0.15) is 34.4 Å². The van der Waals surface area contributed by atoms with Crippen molar-refractivity contribution in [2.75, 3.05) is 25.6 Å². The molecule has 2 rings (SSSR count). The number of rotatable bonds is 6. The molecule has 2 aromatic rings. The summed E-state index contributed by atoms with van der Waals surface area (Å²) in [5.41, 5.74) is 0. The molecule has 0 fully saturated rings. The Bertz CT molecular complexity index is 611. The molecule has 0 unspecified atom stereocenters. The topological polar surface area (TPSA) is 59.2 Å². The summed E-state index contributed by atoms with van der Waals surface area (Å²) in [6, 6.07) is 9.28. The highest BCUT2D eigenvalue weighted by molar-refractivity contribution is 7.71. The van der Waals surface area contributed by atoms with Gasteiger partial charge in [0.15, 0.2) is 0 Å². The van der Waals surface area contributed by atoms with E-state index in [2.05, 4.69) is 15.3 Å². The van der Waals surface area contributed by atoms with Gasteiger partial charge in [-0.05, 0) is 31.2 Å². The van der Waals surface area contributed by atoms with Gasteiger partial charge < -0.3 is 19.8 Å². The van der Waals surface area contributed by atoms with Crippen LogP contribution in [0.3, 0.4) is 0 Å². The molecule has 0 atom stereocenters. The van der Waals surface area contributed by atoms with Gasteiger partial charge in [-0.1, -0.05) is 12.2 Å². The number of benzene rings is 1. The van der Waals surface area contributed by atoms with Crippen LogP contribution in [-0.4, -0.2) is 30.2 Å². The molecule has 1 aromatic carbocycles. The van der Waals surface area contributed by atoms with Crippen LogP contribution >= 0.6 is 12.2 Å². The highest BCUT2D eigenvalue weighted by Crippen LogP contribution is 2.16. The number of aromatic nitrogens is 2. The van der Waals surface area contributed by atoms with E-state index in [-0.39, 0.29) is 0 Å². The minimum absolute atomic E-state index is 0.550. The Morgan fingerprint density at radius 2 is 1.95 bits per heavy atom. The molecule has 1 aromatic heterocycles. The molecule has 6 heteroatoms. The van der Waals surface area contributed by atoms with Crippen LogP contribution in [-0.2, 0) is 0 Å². The lowest BCUT2D eigenvalue weighted by atomic mass is 10.3. The molecule has 0 aliphatic carbocycles. The smallest absolute Gasteiger partial charge is 0.131 e. The van der Waals surface area contributed by atoms with E-state index in [4.69, 9.17) is 21.7 Å². The molecule has 0 saturated heterocycles. The van der Waals surface area contributed by atoms with Crippen molar-refractivity contribution in [1.29, 1.82) is 0 Å². The summed E-state index contributed by atoms with van der Waals surface area (Å²) >= 11 is 5.05. The lowest BCUT2D eigenvalue weighted by molar-refractivity contribution is 0.331. The predicted octanol–water partition coefficient (Wildman–Crippen LogP) is 2.95. The maximum atomic E-state index is 5.61. The van der Waals surface area contributed by atoms with Crippen molar-refractivity contribution in [2.24, 2.45) is 0 Å². The second-order valence-corrected chi connectivity index (χ2v) is 4.59. The van der Waals surface area contributed by atoms with E-state index in [9.17, 15) is 0 Å². The number of methoxy groups -OCH3 is 1. The van der Waals surface area contributed by atoms with Crippen LogP contribution in [0.25, 0.3) is 0 Å². The van der Waals surface area contributed by atoms with Gasteiger partial charge >= 0.3 is 0 Å². The van der Waals surface area contributed by atoms with Crippen molar-refractivity contribution >= 4 is 18.0 Å². The molecular weight excluding hydrogens is 274 g/mol. The number of nitrogens with zero attached hydrogens (tertiary/aromatic N) is 1. The van der Waals surface area contributed by atoms with E-state index in [1.165, 1.54) is 0 Å². The number of H-pyrrole nitrogens is 1. The first kappa shape index (κ1) is 14.3. The van der Waals surface area contributed by atoms with Crippen LogP contribution in [0.2, 0.25) is 0 Å². The third kappa shape index (κ3) is 4.24. The predicted molar refractivity (Wildman–Crippen MR) is 81.1 cm³/mol. The highest BCUT2D eigenvalue weighted by atomic mass is 32.1. The van der Waals surface area contributed by atoms with Gasteiger partial charge in [-0.3, -0.25) is 0 Å². The zero-order chi connectivity index (χ0) is 14.4. The maximum absolute atomic E-state index is 5.61. The van der Waals surface area contributed by atoms with Crippen molar-refractivity contribution in [3.05, 3.63) is 40.8 Å². The lowest BCUT2D eigenvalue weighted by Gasteiger charge is -2.09. The van der Waals surface area contributed by atoms with Gasteiger partial charge in [-0.25, -0.2) is 4.98 Å². The van der Waals surface area contributed by atoms with Gasteiger partial charge in [0.25, 0.3) is 0 Å². The molecule has 0 bridgehead atoms. The van der Waals surface area contributed by atoms with Crippen LogP contribution < -0.4 is 14.8 Å². The van der Waals surface area contributed by atoms with Gasteiger partial charge in [0.2, 0.25) is 0 Å².